The predicted molar refractivity (Wildman–Crippen MR) is 119 cm³/mol. The monoisotopic (exact) mass is 442 g/mol. The SMILES string of the molecule is CCOc1ccc(-c2noc(N3CCC(C(=O)NCc4cccs4)CC3)n2)cc1OC. The maximum absolute atomic E-state index is 12.5. The lowest BCUT2D eigenvalue weighted by Crippen LogP contribution is -2.40. The number of methoxy groups -OCH3 is 1. The van der Waals surface area contributed by atoms with Crippen molar-refractivity contribution in [1.82, 2.24) is 15.5 Å². The van der Waals surface area contributed by atoms with E-state index in [0.29, 0.717) is 49.6 Å². The Morgan fingerprint density at radius 3 is 2.84 bits per heavy atom. The molecule has 0 spiro atoms. The van der Waals surface area contributed by atoms with E-state index >= 15 is 0 Å². The average Bonchev–Trinajstić information content (AvgIpc) is 3.50. The van der Waals surface area contributed by atoms with Gasteiger partial charge in [-0.3, -0.25) is 4.79 Å². The molecule has 1 saturated heterocycles. The number of rotatable bonds is 8. The maximum atomic E-state index is 12.5. The Morgan fingerprint density at radius 1 is 1.29 bits per heavy atom. The summed E-state index contributed by atoms with van der Waals surface area (Å²) in [6.45, 7) is 4.48. The van der Waals surface area contributed by atoms with E-state index in [-0.39, 0.29) is 11.8 Å². The van der Waals surface area contributed by atoms with E-state index in [0.717, 1.165) is 23.3 Å². The van der Waals surface area contributed by atoms with Gasteiger partial charge in [-0.1, -0.05) is 11.2 Å². The zero-order valence-corrected chi connectivity index (χ0v) is 18.5. The molecule has 1 N–H and O–H groups in total. The molecule has 9 heteroatoms. The standard InChI is InChI=1S/C22H26N4O4S/c1-3-29-18-7-6-16(13-19(18)28-2)20-24-22(30-25-20)26-10-8-15(9-11-26)21(27)23-14-17-5-4-12-31-17/h4-7,12-13,15H,3,8-11,14H2,1-2H3,(H,23,27). The maximum Gasteiger partial charge on any atom is 0.324 e. The summed E-state index contributed by atoms with van der Waals surface area (Å²) < 4.78 is 16.5. The number of benzene rings is 1. The van der Waals surface area contributed by atoms with Crippen LogP contribution in [-0.4, -0.2) is 42.9 Å². The lowest BCUT2D eigenvalue weighted by molar-refractivity contribution is -0.125. The molecule has 8 nitrogen and oxygen atoms in total. The molecule has 1 aliphatic rings. The molecule has 4 rings (SSSR count). The van der Waals surface area contributed by atoms with Crippen LogP contribution in [0.5, 0.6) is 11.5 Å². The summed E-state index contributed by atoms with van der Waals surface area (Å²) in [5.74, 6) is 1.92. The lowest BCUT2D eigenvalue weighted by atomic mass is 9.96. The van der Waals surface area contributed by atoms with Crippen molar-refractivity contribution in [2.75, 3.05) is 31.7 Å². The minimum Gasteiger partial charge on any atom is -0.493 e. The van der Waals surface area contributed by atoms with E-state index in [1.54, 1.807) is 18.4 Å². The van der Waals surface area contributed by atoms with Crippen LogP contribution in [0, 0.1) is 5.92 Å². The minimum atomic E-state index is 0.00831. The number of nitrogens with one attached hydrogen (secondary N) is 1. The third-order valence-corrected chi connectivity index (χ3v) is 6.17. The van der Waals surface area contributed by atoms with Crippen LogP contribution in [0.25, 0.3) is 11.4 Å². The average molecular weight is 443 g/mol. The van der Waals surface area contributed by atoms with Gasteiger partial charge < -0.3 is 24.2 Å². The molecule has 164 valence electrons. The van der Waals surface area contributed by atoms with Gasteiger partial charge in [0.25, 0.3) is 0 Å². The molecule has 0 aliphatic carbocycles. The van der Waals surface area contributed by atoms with Crippen molar-refractivity contribution < 1.29 is 18.8 Å². The van der Waals surface area contributed by atoms with E-state index in [9.17, 15) is 4.79 Å². The quantitative estimate of drug-likeness (QED) is 0.568. The molecule has 0 bridgehead atoms. The number of thiophene rings is 1. The molecule has 0 unspecified atom stereocenters. The molecule has 0 radical (unpaired) electrons. The van der Waals surface area contributed by atoms with Gasteiger partial charge in [0, 0.05) is 29.4 Å². The number of hydrogen-bond acceptors (Lipinski definition) is 8. The number of ether oxygens (including phenoxy) is 2. The number of piperidine rings is 1. The summed E-state index contributed by atoms with van der Waals surface area (Å²) >= 11 is 1.65. The summed E-state index contributed by atoms with van der Waals surface area (Å²) in [7, 11) is 1.60. The first-order valence-electron chi connectivity index (χ1n) is 10.4. The van der Waals surface area contributed by atoms with Crippen LogP contribution in [0.3, 0.4) is 0 Å². The normalized spacial score (nSPS) is 14.5. The van der Waals surface area contributed by atoms with Crippen LogP contribution in [0.1, 0.15) is 24.6 Å². The van der Waals surface area contributed by atoms with E-state index in [1.165, 1.54) is 0 Å². The van der Waals surface area contributed by atoms with Crippen molar-refractivity contribution in [2.45, 2.75) is 26.3 Å². The fourth-order valence-corrected chi connectivity index (χ4v) is 4.25. The molecular weight excluding hydrogens is 416 g/mol. The van der Waals surface area contributed by atoms with Crippen molar-refractivity contribution in [3.8, 4) is 22.9 Å². The number of carbonyl (C=O) groups excluding carboxylic acids is 1. The van der Waals surface area contributed by atoms with Gasteiger partial charge in [0.1, 0.15) is 0 Å². The highest BCUT2D eigenvalue weighted by atomic mass is 32.1. The molecule has 3 aromatic rings. The number of anilines is 1. The van der Waals surface area contributed by atoms with Crippen LogP contribution >= 0.6 is 11.3 Å². The molecule has 1 fully saturated rings. The Labute approximate surface area is 185 Å². The number of hydrogen-bond donors (Lipinski definition) is 1. The summed E-state index contributed by atoms with van der Waals surface area (Å²) in [4.78, 5) is 20.2. The van der Waals surface area contributed by atoms with Crippen LogP contribution < -0.4 is 19.7 Å². The highest BCUT2D eigenvalue weighted by Gasteiger charge is 2.27. The summed E-state index contributed by atoms with van der Waals surface area (Å²) in [6, 6.07) is 10.1. The first-order valence-corrected chi connectivity index (χ1v) is 11.3. The Hall–Kier alpha value is -3.07. The third-order valence-electron chi connectivity index (χ3n) is 5.29. The van der Waals surface area contributed by atoms with Gasteiger partial charge in [-0.25, -0.2) is 0 Å². The minimum absolute atomic E-state index is 0.00831. The smallest absolute Gasteiger partial charge is 0.324 e. The second-order valence-electron chi connectivity index (χ2n) is 7.26. The molecular formula is C22H26N4O4S. The van der Waals surface area contributed by atoms with Crippen LogP contribution in [-0.2, 0) is 11.3 Å². The predicted octanol–water partition coefficient (Wildman–Crippen LogP) is 3.74. The second-order valence-corrected chi connectivity index (χ2v) is 8.29. The highest BCUT2D eigenvalue weighted by molar-refractivity contribution is 7.09. The second kappa shape index (κ2) is 9.82. The van der Waals surface area contributed by atoms with E-state index in [1.807, 2.05) is 47.5 Å². The summed E-state index contributed by atoms with van der Waals surface area (Å²) in [6.07, 6.45) is 1.51. The van der Waals surface area contributed by atoms with Crippen molar-refractivity contribution in [3.05, 3.63) is 40.6 Å². The zero-order chi connectivity index (χ0) is 21.6. The van der Waals surface area contributed by atoms with E-state index in [2.05, 4.69) is 15.5 Å². The van der Waals surface area contributed by atoms with Crippen LogP contribution in [0.2, 0.25) is 0 Å². The molecule has 2 aromatic heterocycles. The topological polar surface area (TPSA) is 89.7 Å². The molecule has 0 saturated carbocycles. The fraction of sp³-hybridized carbons (Fsp3) is 0.409. The van der Waals surface area contributed by atoms with Gasteiger partial charge in [-0.2, -0.15) is 4.98 Å². The number of aromatic nitrogens is 2. The van der Waals surface area contributed by atoms with Crippen LogP contribution in [0.4, 0.5) is 6.01 Å². The van der Waals surface area contributed by atoms with Crippen molar-refractivity contribution >= 4 is 23.3 Å². The number of amides is 1. The van der Waals surface area contributed by atoms with Gasteiger partial charge in [0.05, 0.1) is 20.3 Å². The fourth-order valence-electron chi connectivity index (χ4n) is 3.61. The van der Waals surface area contributed by atoms with E-state index < -0.39 is 0 Å². The van der Waals surface area contributed by atoms with Crippen molar-refractivity contribution in [1.29, 1.82) is 0 Å². The third kappa shape index (κ3) is 4.99. The molecule has 1 aromatic carbocycles. The molecule has 31 heavy (non-hydrogen) atoms. The number of carbonyl (C=O) groups is 1. The Kier molecular flexibility index (Phi) is 6.71. The summed E-state index contributed by atoms with van der Waals surface area (Å²) in [5, 5.41) is 9.18. The molecule has 1 amide bonds. The van der Waals surface area contributed by atoms with Gasteiger partial charge in [-0.15, -0.1) is 11.3 Å². The first kappa shape index (κ1) is 21.2. The molecule has 1 aliphatic heterocycles. The van der Waals surface area contributed by atoms with Crippen molar-refractivity contribution in [3.63, 3.8) is 0 Å². The molecule has 3 heterocycles. The Balaban J connectivity index is 1.34. The van der Waals surface area contributed by atoms with Crippen LogP contribution in [0.15, 0.2) is 40.2 Å². The Morgan fingerprint density at radius 2 is 2.13 bits per heavy atom. The Bertz CT molecular complexity index is 997. The van der Waals surface area contributed by atoms with Crippen molar-refractivity contribution in [2.24, 2.45) is 5.92 Å². The number of nitrogens with zero attached hydrogens (tertiary/aromatic N) is 3. The highest BCUT2D eigenvalue weighted by Crippen LogP contribution is 2.32. The van der Waals surface area contributed by atoms with E-state index in [4.69, 9.17) is 14.0 Å². The first-order chi connectivity index (χ1) is 15.2. The lowest BCUT2D eigenvalue weighted by Gasteiger charge is -2.29. The van der Waals surface area contributed by atoms with Gasteiger partial charge in [0.15, 0.2) is 11.5 Å². The largest absolute Gasteiger partial charge is 0.493 e. The van der Waals surface area contributed by atoms with Gasteiger partial charge in [0.2, 0.25) is 11.7 Å². The molecule has 0 atom stereocenters. The summed E-state index contributed by atoms with van der Waals surface area (Å²) in [5.41, 5.74) is 0.790. The van der Waals surface area contributed by atoms with Gasteiger partial charge >= 0.3 is 6.01 Å². The van der Waals surface area contributed by atoms with Gasteiger partial charge in [-0.05, 0) is 49.4 Å². The zero-order valence-electron chi connectivity index (χ0n) is 17.7.